The van der Waals surface area contributed by atoms with Gasteiger partial charge in [0.1, 0.15) is 23.4 Å². The molecule has 0 spiro atoms. The highest BCUT2D eigenvalue weighted by Crippen LogP contribution is 2.54. The highest BCUT2D eigenvalue weighted by molar-refractivity contribution is 6.21. The number of benzene rings is 2. The van der Waals surface area contributed by atoms with E-state index < -0.39 is 95.5 Å². The van der Waals surface area contributed by atoms with E-state index in [2.05, 4.69) is 10.6 Å². The Balaban J connectivity index is 1.93. The van der Waals surface area contributed by atoms with Crippen molar-refractivity contribution >= 4 is 40.0 Å². The molecule has 56 heavy (non-hydrogen) atoms. The molecule has 3 heterocycles. The summed E-state index contributed by atoms with van der Waals surface area (Å²) in [6, 6.07) is 1.21. The number of amides is 2. The van der Waals surface area contributed by atoms with Gasteiger partial charge in [-0.3, -0.25) is 19.2 Å². The van der Waals surface area contributed by atoms with Crippen LogP contribution in [0.5, 0.6) is 23.0 Å². The maximum atomic E-state index is 14.3. The zero-order valence-electron chi connectivity index (χ0n) is 33.0. The number of anilines is 1. The number of phenols is 2. The SMILES string of the molecule is CO[C@H]1/C=C/O[C@@]2(C)Oc3c(C)c(O)c4c(O)c(cc(OCC(=O)NCN)c4c3C2=O)NC(=O)/C(C)=C\C=C\[C@H](C)[C@H](O)[C@@H](C)[C@@H](O)[C@@H](C)[C@H](OC(C)=O)[C@@H]1C. The molecule has 3 aliphatic rings. The molecule has 0 saturated carbocycles. The molecule has 306 valence electrons. The molecule has 0 fully saturated rings. The summed E-state index contributed by atoms with van der Waals surface area (Å²) in [5.74, 6) is -8.49. The third-order valence-corrected chi connectivity index (χ3v) is 10.5. The zero-order chi connectivity index (χ0) is 41.8. The van der Waals surface area contributed by atoms with Crippen molar-refractivity contribution in [3.05, 3.63) is 53.3 Å². The van der Waals surface area contributed by atoms with E-state index >= 15 is 0 Å². The van der Waals surface area contributed by atoms with Crippen molar-refractivity contribution in [3.63, 3.8) is 0 Å². The van der Waals surface area contributed by atoms with Crippen LogP contribution in [0.25, 0.3) is 10.8 Å². The number of fused-ring (bicyclic) bond motifs is 14. The maximum Gasteiger partial charge on any atom is 0.312 e. The van der Waals surface area contributed by atoms with Crippen LogP contribution in [0.15, 0.2) is 42.2 Å². The Morgan fingerprint density at radius 2 is 1.68 bits per heavy atom. The van der Waals surface area contributed by atoms with Crippen molar-refractivity contribution in [3.8, 4) is 23.0 Å². The number of aliphatic hydroxyl groups is 2. The van der Waals surface area contributed by atoms with Gasteiger partial charge < -0.3 is 60.5 Å². The van der Waals surface area contributed by atoms with E-state index in [1.807, 2.05) is 0 Å². The minimum Gasteiger partial charge on any atom is -0.507 e. The van der Waals surface area contributed by atoms with E-state index in [-0.39, 0.29) is 51.3 Å². The molecule has 9 atom stereocenters. The minimum absolute atomic E-state index is 0.0557. The summed E-state index contributed by atoms with van der Waals surface area (Å²) in [4.78, 5) is 52.5. The van der Waals surface area contributed by atoms with Crippen LogP contribution < -0.4 is 25.8 Å². The van der Waals surface area contributed by atoms with E-state index in [0.29, 0.717) is 0 Å². The van der Waals surface area contributed by atoms with Crippen molar-refractivity contribution in [1.82, 2.24) is 5.32 Å². The first kappa shape index (κ1) is 43.6. The molecule has 0 unspecified atom stereocenters. The predicted octanol–water partition coefficient (Wildman–Crippen LogP) is 3.46. The van der Waals surface area contributed by atoms with Crippen molar-refractivity contribution in [2.45, 2.75) is 85.6 Å². The number of nitrogens with one attached hydrogen (secondary N) is 2. The number of aliphatic hydroxyl groups excluding tert-OH is 2. The van der Waals surface area contributed by atoms with Gasteiger partial charge in [-0.25, -0.2) is 0 Å². The summed E-state index contributed by atoms with van der Waals surface area (Å²) in [6.45, 7) is 11.7. The fourth-order valence-electron chi connectivity index (χ4n) is 7.06. The second-order valence-electron chi connectivity index (χ2n) is 14.5. The summed E-state index contributed by atoms with van der Waals surface area (Å²) < 4.78 is 29.3. The number of carbonyl (C=O) groups excluding carboxylic acids is 4. The number of carbonyl (C=O) groups is 4. The first-order valence-corrected chi connectivity index (χ1v) is 18.2. The van der Waals surface area contributed by atoms with Gasteiger partial charge >= 0.3 is 11.8 Å². The lowest BCUT2D eigenvalue weighted by molar-refractivity contribution is -0.160. The highest BCUT2D eigenvalue weighted by Gasteiger charge is 2.49. The third kappa shape index (κ3) is 8.78. The smallest absolute Gasteiger partial charge is 0.312 e. The number of hydrogen-bond acceptors (Lipinski definition) is 14. The Bertz CT molecular complexity index is 1940. The molecule has 3 aliphatic heterocycles. The van der Waals surface area contributed by atoms with E-state index in [4.69, 9.17) is 29.4 Å². The Morgan fingerprint density at radius 1 is 1.00 bits per heavy atom. The average molecular weight is 784 g/mol. The largest absolute Gasteiger partial charge is 0.507 e. The number of methoxy groups -OCH3 is 1. The number of allylic oxidation sites excluding steroid dienone is 2. The van der Waals surface area contributed by atoms with Crippen molar-refractivity contribution < 1.29 is 63.3 Å². The van der Waals surface area contributed by atoms with Gasteiger partial charge in [0.25, 0.3) is 17.6 Å². The number of Topliss-reactive ketones (excluding diaryl/α,β-unsaturated/α-hetero) is 1. The van der Waals surface area contributed by atoms with Crippen LogP contribution in [0.1, 0.15) is 64.4 Å². The van der Waals surface area contributed by atoms with Gasteiger partial charge in [0.05, 0.1) is 47.9 Å². The Labute approximate surface area is 325 Å². The normalized spacial score (nSPS) is 30.8. The molecule has 2 aromatic carbocycles. The monoisotopic (exact) mass is 783 g/mol. The molecule has 0 aliphatic carbocycles. The number of rotatable bonds is 6. The van der Waals surface area contributed by atoms with Crippen LogP contribution in [0.3, 0.4) is 0 Å². The summed E-state index contributed by atoms with van der Waals surface area (Å²) in [5, 5.41) is 50.4. The summed E-state index contributed by atoms with van der Waals surface area (Å²) >= 11 is 0. The van der Waals surface area contributed by atoms with Crippen LogP contribution >= 0.6 is 0 Å². The number of phenolic OH excluding ortho intramolecular Hbond substituents is 2. The number of ketones is 1. The molecule has 5 rings (SSSR count). The van der Waals surface area contributed by atoms with Gasteiger partial charge in [0.15, 0.2) is 12.4 Å². The van der Waals surface area contributed by atoms with Crippen LogP contribution in [0.4, 0.5) is 5.69 Å². The lowest BCUT2D eigenvalue weighted by Crippen LogP contribution is -2.46. The lowest BCUT2D eigenvalue weighted by Gasteiger charge is -2.38. The topological polar surface area (TPSA) is 245 Å². The van der Waals surface area contributed by atoms with Crippen molar-refractivity contribution in [1.29, 1.82) is 0 Å². The lowest BCUT2D eigenvalue weighted by atomic mass is 9.78. The fourth-order valence-corrected chi connectivity index (χ4v) is 7.06. The highest BCUT2D eigenvalue weighted by atomic mass is 16.7. The van der Waals surface area contributed by atoms with Crippen LogP contribution in [0.2, 0.25) is 0 Å². The van der Waals surface area contributed by atoms with Crippen LogP contribution in [-0.4, -0.2) is 94.6 Å². The molecular formula is C40H53N3O13. The van der Waals surface area contributed by atoms with E-state index in [0.717, 1.165) is 0 Å². The molecule has 0 aromatic heterocycles. The van der Waals surface area contributed by atoms with Crippen molar-refractivity contribution in [2.24, 2.45) is 29.4 Å². The standard InChI is InChI=1S/C40H53N3O13/c1-18-11-10-12-19(2)39(51)43-25-15-27(53-16-28(45)42-17-41)29-30(35(25)49)34(48)23(6)37-31(29)38(50)40(8,56-37)54-14-13-26(52-9)20(3)36(55-24(7)44)22(5)33(47)21(4)32(18)46/h10-15,18,20-22,26,32-33,36,46-49H,16-17,41H2,1-9H3,(H,42,45)(H,43,51)/b11-10+,14-13+,19-12-/t18-,20+,21+,22+,26-,32-,33+,36+,40-/m0/s1. The van der Waals surface area contributed by atoms with E-state index in [9.17, 15) is 39.6 Å². The van der Waals surface area contributed by atoms with E-state index in [1.54, 1.807) is 39.8 Å². The molecule has 8 N–H and O–H groups in total. The molecule has 2 aromatic rings. The number of aromatic hydroxyl groups is 2. The maximum absolute atomic E-state index is 14.3. The van der Waals surface area contributed by atoms with Gasteiger partial charge in [-0.15, -0.1) is 0 Å². The Kier molecular flexibility index (Phi) is 13.8. The third-order valence-electron chi connectivity index (χ3n) is 10.5. The number of hydrogen-bond donors (Lipinski definition) is 7. The number of esters is 1. The summed E-state index contributed by atoms with van der Waals surface area (Å²) in [6.07, 6.45) is 3.48. The van der Waals surface area contributed by atoms with Crippen LogP contribution in [-0.2, 0) is 28.6 Å². The Hall–Kier alpha value is -5.16. The average Bonchev–Trinajstić information content (AvgIpc) is 3.42. The molecule has 2 amide bonds. The van der Waals surface area contributed by atoms with Gasteiger partial charge in [-0.1, -0.05) is 45.9 Å². The van der Waals surface area contributed by atoms with Crippen molar-refractivity contribution in [2.75, 3.05) is 25.7 Å². The van der Waals surface area contributed by atoms with Gasteiger partial charge in [0, 0.05) is 67.2 Å². The second-order valence-corrected chi connectivity index (χ2v) is 14.5. The van der Waals surface area contributed by atoms with Gasteiger partial charge in [0.2, 0.25) is 0 Å². The summed E-state index contributed by atoms with van der Waals surface area (Å²) in [5.41, 5.74) is 5.33. The molecule has 16 heteroatoms. The molecule has 5 bridgehead atoms. The summed E-state index contributed by atoms with van der Waals surface area (Å²) in [7, 11) is 1.42. The molecule has 0 saturated heterocycles. The second kappa shape index (κ2) is 17.7. The Morgan fingerprint density at radius 3 is 2.30 bits per heavy atom. The van der Waals surface area contributed by atoms with E-state index in [1.165, 1.54) is 59.3 Å². The molecule has 16 nitrogen and oxygen atoms in total. The minimum atomic E-state index is -2.03. The fraction of sp³-hybridized carbons (Fsp3) is 0.500. The number of ether oxygens (including phenoxy) is 5. The van der Waals surface area contributed by atoms with Crippen LogP contribution in [0, 0.1) is 30.6 Å². The van der Waals surface area contributed by atoms with Gasteiger partial charge in [-0.2, -0.15) is 0 Å². The molecule has 0 radical (unpaired) electrons. The quantitative estimate of drug-likeness (QED) is 0.126. The molecular weight excluding hydrogens is 730 g/mol. The number of nitrogens with two attached hydrogens (primary N) is 1. The first-order chi connectivity index (χ1) is 26.3. The zero-order valence-corrected chi connectivity index (χ0v) is 33.0. The predicted molar refractivity (Wildman–Crippen MR) is 205 cm³/mol. The van der Waals surface area contributed by atoms with Gasteiger partial charge in [-0.05, 0) is 19.9 Å². The first-order valence-electron chi connectivity index (χ1n) is 18.2.